The highest BCUT2D eigenvalue weighted by Gasteiger charge is 2.14. The van der Waals surface area contributed by atoms with E-state index in [2.05, 4.69) is 5.32 Å². The molecule has 2 rings (SSSR count). The van der Waals surface area contributed by atoms with Crippen LogP contribution in [-0.2, 0) is 6.61 Å². The van der Waals surface area contributed by atoms with E-state index in [-0.39, 0.29) is 6.61 Å². The van der Waals surface area contributed by atoms with Crippen LogP contribution in [0.15, 0.2) is 24.3 Å². The van der Waals surface area contributed by atoms with Gasteiger partial charge < -0.3 is 15.2 Å². The minimum atomic E-state index is 0.0878. The van der Waals surface area contributed by atoms with E-state index in [1.165, 1.54) is 12.8 Å². The second-order valence-corrected chi connectivity index (χ2v) is 3.91. The molecule has 1 atom stereocenters. The molecule has 1 heterocycles. The van der Waals surface area contributed by atoms with Crippen molar-refractivity contribution in [3.05, 3.63) is 29.8 Å². The Morgan fingerprint density at radius 2 is 2.13 bits per heavy atom. The molecule has 0 bridgehead atoms. The van der Waals surface area contributed by atoms with Gasteiger partial charge in [0.15, 0.2) is 0 Å². The molecule has 3 heteroatoms. The number of hydrogen-bond donors (Lipinski definition) is 2. The molecular formula is C12H17NO2. The summed E-state index contributed by atoms with van der Waals surface area (Å²) in [4.78, 5) is 0. The topological polar surface area (TPSA) is 41.5 Å². The van der Waals surface area contributed by atoms with Crippen LogP contribution in [0.5, 0.6) is 5.75 Å². The molecule has 1 fully saturated rings. The third kappa shape index (κ3) is 2.94. The molecule has 0 aromatic heterocycles. The molecule has 1 aromatic carbocycles. The summed E-state index contributed by atoms with van der Waals surface area (Å²) in [5, 5.41) is 12.3. The van der Waals surface area contributed by atoms with Crippen molar-refractivity contribution in [2.75, 3.05) is 13.2 Å². The summed E-state index contributed by atoms with van der Waals surface area (Å²) in [7, 11) is 0. The van der Waals surface area contributed by atoms with Gasteiger partial charge in [-0.25, -0.2) is 0 Å². The van der Waals surface area contributed by atoms with E-state index in [0.29, 0.717) is 6.04 Å². The van der Waals surface area contributed by atoms with E-state index in [1.807, 2.05) is 24.3 Å². The number of benzene rings is 1. The van der Waals surface area contributed by atoms with Crippen LogP contribution < -0.4 is 10.1 Å². The molecule has 82 valence electrons. The molecule has 1 saturated heterocycles. The molecule has 0 aliphatic carbocycles. The zero-order valence-corrected chi connectivity index (χ0v) is 8.78. The number of ether oxygens (including phenoxy) is 1. The van der Waals surface area contributed by atoms with Crippen molar-refractivity contribution in [2.45, 2.75) is 25.5 Å². The van der Waals surface area contributed by atoms with Crippen molar-refractivity contribution >= 4 is 0 Å². The molecule has 1 aliphatic heterocycles. The number of nitrogens with one attached hydrogen (secondary N) is 1. The highest BCUT2D eigenvalue weighted by atomic mass is 16.5. The Morgan fingerprint density at radius 1 is 1.33 bits per heavy atom. The first-order valence-electron chi connectivity index (χ1n) is 5.44. The minimum absolute atomic E-state index is 0.0878. The summed E-state index contributed by atoms with van der Waals surface area (Å²) in [6, 6.07) is 8.08. The SMILES string of the molecule is OCc1ccc(OC[C@@H]2CCCN2)cc1. The predicted molar refractivity (Wildman–Crippen MR) is 58.9 cm³/mol. The fourth-order valence-corrected chi connectivity index (χ4v) is 1.79. The maximum absolute atomic E-state index is 8.88. The van der Waals surface area contributed by atoms with Gasteiger partial charge in [-0.3, -0.25) is 0 Å². The largest absolute Gasteiger partial charge is 0.492 e. The second kappa shape index (κ2) is 5.14. The lowest BCUT2D eigenvalue weighted by Gasteiger charge is -2.12. The average Bonchev–Trinajstić information content (AvgIpc) is 2.80. The van der Waals surface area contributed by atoms with Crippen molar-refractivity contribution in [2.24, 2.45) is 0 Å². The molecule has 0 amide bonds. The number of aliphatic hydroxyl groups is 1. The minimum Gasteiger partial charge on any atom is -0.492 e. The van der Waals surface area contributed by atoms with Gasteiger partial charge in [0.05, 0.1) is 6.61 Å². The molecule has 0 unspecified atom stereocenters. The second-order valence-electron chi connectivity index (χ2n) is 3.91. The zero-order chi connectivity index (χ0) is 10.5. The Hall–Kier alpha value is -1.06. The van der Waals surface area contributed by atoms with Gasteiger partial charge in [-0.2, -0.15) is 0 Å². The van der Waals surface area contributed by atoms with Gasteiger partial charge in [-0.05, 0) is 37.1 Å². The molecule has 0 spiro atoms. The molecular weight excluding hydrogens is 190 g/mol. The van der Waals surface area contributed by atoms with Crippen LogP contribution in [0.3, 0.4) is 0 Å². The summed E-state index contributed by atoms with van der Waals surface area (Å²) in [6.45, 7) is 1.93. The van der Waals surface area contributed by atoms with E-state index in [1.54, 1.807) is 0 Å². The number of hydrogen-bond acceptors (Lipinski definition) is 3. The standard InChI is InChI=1S/C12H17NO2/c14-8-10-3-5-12(6-4-10)15-9-11-2-1-7-13-11/h3-6,11,13-14H,1-2,7-9H2/t11-/m0/s1. The van der Waals surface area contributed by atoms with Gasteiger partial charge in [-0.15, -0.1) is 0 Å². The van der Waals surface area contributed by atoms with Crippen LogP contribution in [-0.4, -0.2) is 24.3 Å². The Bertz CT molecular complexity index is 291. The Morgan fingerprint density at radius 3 is 2.73 bits per heavy atom. The highest BCUT2D eigenvalue weighted by molar-refractivity contribution is 5.26. The summed E-state index contributed by atoms with van der Waals surface area (Å²) < 4.78 is 5.65. The van der Waals surface area contributed by atoms with Crippen LogP contribution in [0.2, 0.25) is 0 Å². The maximum Gasteiger partial charge on any atom is 0.119 e. The first kappa shape index (κ1) is 10.5. The van der Waals surface area contributed by atoms with E-state index in [4.69, 9.17) is 9.84 Å². The lowest BCUT2D eigenvalue weighted by molar-refractivity contribution is 0.274. The van der Waals surface area contributed by atoms with E-state index >= 15 is 0 Å². The summed E-state index contributed by atoms with van der Waals surface area (Å²) in [6.07, 6.45) is 2.45. The highest BCUT2D eigenvalue weighted by Crippen LogP contribution is 2.14. The van der Waals surface area contributed by atoms with Gasteiger partial charge in [0.2, 0.25) is 0 Å². The smallest absolute Gasteiger partial charge is 0.119 e. The lowest BCUT2D eigenvalue weighted by atomic mass is 10.2. The molecule has 3 nitrogen and oxygen atoms in total. The fraction of sp³-hybridized carbons (Fsp3) is 0.500. The summed E-state index contributed by atoms with van der Waals surface area (Å²) in [5.41, 5.74) is 0.918. The quantitative estimate of drug-likeness (QED) is 0.782. The fourth-order valence-electron chi connectivity index (χ4n) is 1.79. The van der Waals surface area contributed by atoms with Crippen molar-refractivity contribution in [1.29, 1.82) is 0 Å². The Kier molecular flexibility index (Phi) is 3.59. The van der Waals surface area contributed by atoms with Crippen molar-refractivity contribution in [3.8, 4) is 5.75 Å². The molecule has 2 N–H and O–H groups in total. The third-order valence-electron chi connectivity index (χ3n) is 2.72. The van der Waals surface area contributed by atoms with Crippen molar-refractivity contribution in [3.63, 3.8) is 0 Å². The van der Waals surface area contributed by atoms with Gasteiger partial charge in [0, 0.05) is 6.04 Å². The first-order chi connectivity index (χ1) is 7.38. The third-order valence-corrected chi connectivity index (χ3v) is 2.72. The van der Waals surface area contributed by atoms with Crippen LogP contribution in [0, 0.1) is 0 Å². The number of rotatable bonds is 4. The number of aliphatic hydroxyl groups excluding tert-OH is 1. The van der Waals surface area contributed by atoms with Gasteiger partial charge in [-0.1, -0.05) is 12.1 Å². The van der Waals surface area contributed by atoms with Crippen molar-refractivity contribution < 1.29 is 9.84 Å². The van der Waals surface area contributed by atoms with Crippen LogP contribution >= 0.6 is 0 Å². The van der Waals surface area contributed by atoms with E-state index in [9.17, 15) is 0 Å². The monoisotopic (exact) mass is 207 g/mol. The Labute approximate surface area is 90.1 Å². The molecule has 1 aliphatic rings. The molecule has 0 radical (unpaired) electrons. The first-order valence-corrected chi connectivity index (χ1v) is 5.44. The van der Waals surface area contributed by atoms with Crippen molar-refractivity contribution in [1.82, 2.24) is 5.32 Å². The predicted octanol–water partition coefficient (Wildman–Crippen LogP) is 1.31. The average molecular weight is 207 g/mol. The normalized spacial score (nSPS) is 20.5. The van der Waals surface area contributed by atoms with Gasteiger partial charge in [0.25, 0.3) is 0 Å². The molecule has 15 heavy (non-hydrogen) atoms. The van der Waals surface area contributed by atoms with Gasteiger partial charge in [0.1, 0.15) is 12.4 Å². The summed E-state index contributed by atoms with van der Waals surface area (Å²) >= 11 is 0. The van der Waals surface area contributed by atoms with E-state index in [0.717, 1.165) is 24.5 Å². The zero-order valence-electron chi connectivity index (χ0n) is 8.78. The molecule has 0 saturated carbocycles. The van der Waals surface area contributed by atoms with Crippen LogP contribution in [0.4, 0.5) is 0 Å². The Balaban J connectivity index is 1.82. The van der Waals surface area contributed by atoms with E-state index < -0.39 is 0 Å². The lowest BCUT2D eigenvalue weighted by Crippen LogP contribution is -2.28. The maximum atomic E-state index is 8.88. The summed E-state index contributed by atoms with van der Waals surface area (Å²) in [5.74, 6) is 0.876. The van der Waals surface area contributed by atoms with Crippen LogP contribution in [0.25, 0.3) is 0 Å². The van der Waals surface area contributed by atoms with Crippen LogP contribution in [0.1, 0.15) is 18.4 Å². The molecule has 1 aromatic rings. The van der Waals surface area contributed by atoms with Gasteiger partial charge >= 0.3 is 0 Å².